The zero-order chi connectivity index (χ0) is 9.26. The molecule has 1 atom stereocenters. The second-order valence-corrected chi connectivity index (χ2v) is 3.56. The minimum atomic E-state index is -0.226. The molecule has 1 aliphatic heterocycles. The van der Waals surface area contributed by atoms with E-state index in [1.807, 2.05) is 12.1 Å². The molecule has 0 bridgehead atoms. The van der Waals surface area contributed by atoms with Crippen LogP contribution in [0.2, 0.25) is 5.15 Å². The van der Waals surface area contributed by atoms with Crippen molar-refractivity contribution < 1.29 is 5.11 Å². The molecular weight excluding hydrogens is 188 g/mol. The van der Waals surface area contributed by atoms with Crippen molar-refractivity contribution in [1.82, 2.24) is 4.98 Å². The predicted octanol–water partition coefficient (Wildman–Crippen LogP) is 1.31. The Morgan fingerprint density at radius 2 is 2.46 bits per heavy atom. The standard InChI is InChI=1S/C9H11ClN2O/c10-9-8(2-1-4-11-9)12-5-3-7(13)6-12/h1-2,4,7,13H,3,5-6H2. The van der Waals surface area contributed by atoms with Crippen molar-refractivity contribution in [3.63, 3.8) is 0 Å². The molecule has 1 fully saturated rings. The highest BCUT2D eigenvalue weighted by atomic mass is 35.5. The van der Waals surface area contributed by atoms with E-state index in [0.717, 1.165) is 18.7 Å². The van der Waals surface area contributed by atoms with Gasteiger partial charge in [0.15, 0.2) is 5.15 Å². The minimum Gasteiger partial charge on any atom is -0.391 e. The molecule has 0 radical (unpaired) electrons. The Morgan fingerprint density at radius 1 is 1.62 bits per heavy atom. The van der Waals surface area contributed by atoms with Gasteiger partial charge in [0.05, 0.1) is 11.8 Å². The third-order valence-electron chi connectivity index (χ3n) is 2.24. The zero-order valence-corrected chi connectivity index (χ0v) is 7.91. The molecule has 0 aliphatic carbocycles. The topological polar surface area (TPSA) is 36.4 Å². The van der Waals surface area contributed by atoms with Gasteiger partial charge in [-0.3, -0.25) is 0 Å². The van der Waals surface area contributed by atoms with E-state index in [4.69, 9.17) is 11.6 Å². The number of β-amino-alcohol motifs (C(OH)–C–C–N with tert-alkyl or cyclic N) is 1. The van der Waals surface area contributed by atoms with Gasteiger partial charge >= 0.3 is 0 Å². The Kier molecular flexibility index (Phi) is 2.38. The highest BCUT2D eigenvalue weighted by Gasteiger charge is 2.21. The first-order valence-electron chi connectivity index (χ1n) is 4.31. The summed E-state index contributed by atoms with van der Waals surface area (Å²) in [5, 5.41) is 9.86. The maximum atomic E-state index is 9.35. The lowest BCUT2D eigenvalue weighted by Crippen LogP contribution is -2.21. The van der Waals surface area contributed by atoms with E-state index in [1.165, 1.54) is 0 Å². The van der Waals surface area contributed by atoms with E-state index in [9.17, 15) is 5.11 Å². The summed E-state index contributed by atoms with van der Waals surface area (Å²) < 4.78 is 0. The lowest BCUT2D eigenvalue weighted by atomic mass is 10.3. The fourth-order valence-corrected chi connectivity index (χ4v) is 1.81. The summed E-state index contributed by atoms with van der Waals surface area (Å²) in [6, 6.07) is 3.78. The first-order valence-corrected chi connectivity index (χ1v) is 4.68. The molecule has 1 unspecified atom stereocenters. The SMILES string of the molecule is OC1CCN(c2cccnc2Cl)C1. The first-order chi connectivity index (χ1) is 6.27. The molecule has 1 aliphatic rings. The summed E-state index contributed by atoms with van der Waals surface area (Å²) in [5.74, 6) is 0. The average Bonchev–Trinajstić information content (AvgIpc) is 2.53. The van der Waals surface area contributed by atoms with E-state index >= 15 is 0 Å². The van der Waals surface area contributed by atoms with Crippen LogP contribution in [0.25, 0.3) is 0 Å². The summed E-state index contributed by atoms with van der Waals surface area (Å²) in [6.07, 6.45) is 2.25. The molecule has 0 saturated carbocycles. The Bertz CT molecular complexity index is 305. The summed E-state index contributed by atoms with van der Waals surface area (Å²) in [4.78, 5) is 6.05. The zero-order valence-electron chi connectivity index (χ0n) is 7.15. The minimum absolute atomic E-state index is 0.226. The Balaban J connectivity index is 2.21. The smallest absolute Gasteiger partial charge is 0.152 e. The summed E-state index contributed by atoms with van der Waals surface area (Å²) in [5.41, 5.74) is 0.917. The van der Waals surface area contributed by atoms with Crippen molar-refractivity contribution in [3.8, 4) is 0 Å². The number of halogens is 1. The number of rotatable bonds is 1. The highest BCUT2D eigenvalue weighted by molar-refractivity contribution is 6.32. The fraction of sp³-hybridized carbons (Fsp3) is 0.444. The number of hydrogen-bond acceptors (Lipinski definition) is 3. The maximum Gasteiger partial charge on any atom is 0.152 e. The normalized spacial score (nSPS) is 22.3. The van der Waals surface area contributed by atoms with Crippen molar-refractivity contribution in [2.75, 3.05) is 18.0 Å². The van der Waals surface area contributed by atoms with Gasteiger partial charge in [0, 0.05) is 19.3 Å². The van der Waals surface area contributed by atoms with Crippen molar-refractivity contribution in [3.05, 3.63) is 23.5 Å². The van der Waals surface area contributed by atoms with Gasteiger partial charge in [-0.05, 0) is 18.6 Å². The first kappa shape index (κ1) is 8.78. The third kappa shape index (κ3) is 1.76. The van der Waals surface area contributed by atoms with E-state index in [0.29, 0.717) is 11.7 Å². The lowest BCUT2D eigenvalue weighted by molar-refractivity contribution is 0.198. The van der Waals surface area contributed by atoms with Crippen LogP contribution in [0.15, 0.2) is 18.3 Å². The van der Waals surface area contributed by atoms with Crippen LogP contribution < -0.4 is 4.90 Å². The van der Waals surface area contributed by atoms with E-state index in [1.54, 1.807) is 6.20 Å². The molecule has 2 heterocycles. The highest BCUT2D eigenvalue weighted by Crippen LogP contribution is 2.26. The number of hydrogen-bond donors (Lipinski definition) is 1. The van der Waals surface area contributed by atoms with Crippen LogP contribution in [0.3, 0.4) is 0 Å². The molecule has 3 nitrogen and oxygen atoms in total. The molecule has 0 amide bonds. The van der Waals surface area contributed by atoms with Gasteiger partial charge in [-0.25, -0.2) is 4.98 Å². The summed E-state index contributed by atoms with van der Waals surface area (Å²) in [7, 11) is 0. The predicted molar refractivity (Wildman–Crippen MR) is 52.1 cm³/mol. The van der Waals surface area contributed by atoms with Gasteiger partial charge < -0.3 is 10.0 Å². The molecule has 1 aromatic heterocycles. The van der Waals surface area contributed by atoms with Crippen LogP contribution in [0.4, 0.5) is 5.69 Å². The van der Waals surface area contributed by atoms with Crippen molar-refractivity contribution in [1.29, 1.82) is 0 Å². The summed E-state index contributed by atoms with van der Waals surface area (Å²) >= 11 is 5.92. The van der Waals surface area contributed by atoms with Crippen molar-refractivity contribution in [2.45, 2.75) is 12.5 Å². The second-order valence-electron chi connectivity index (χ2n) is 3.20. The van der Waals surface area contributed by atoms with Gasteiger partial charge in [-0.15, -0.1) is 0 Å². The van der Waals surface area contributed by atoms with Crippen LogP contribution in [0, 0.1) is 0 Å². The van der Waals surface area contributed by atoms with Gasteiger partial charge in [0.1, 0.15) is 0 Å². The molecule has 1 aromatic rings. The Morgan fingerprint density at radius 3 is 3.08 bits per heavy atom. The molecule has 1 N–H and O–H groups in total. The van der Waals surface area contributed by atoms with E-state index in [2.05, 4.69) is 9.88 Å². The molecule has 0 aromatic carbocycles. The van der Waals surface area contributed by atoms with Gasteiger partial charge in [-0.1, -0.05) is 11.6 Å². The molecule has 0 spiro atoms. The van der Waals surface area contributed by atoms with Crippen LogP contribution >= 0.6 is 11.6 Å². The average molecular weight is 199 g/mol. The van der Waals surface area contributed by atoms with Crippen LogP contribution in [-0.2, 0) is 0 Å². The third-order valence-corrected chi connectivity index (χ3v) is 2.53. The molecule has 4 heteroatoms. The van der Waals surface area contributed by atoms with Crippen molar-refractivity contribution in [2.24, 2.45) is 0 Å². The lowest BCUT2D eigenvalue weighted by Gasteiger charge is -2.17. The fourth-order valence-electron chi connectivity index (χ4n) is 1.57. The van der Waals surface area contributed by atoms with Crippen LogP contribution in [0.5, 0.6) is 0 Å². The number of pyridine rings is 1. The molecule has 70 valence electrons. The molecule has 13 heavy (non-hydrogen) atoms. The molecule has 1 saturated heterocycles. The number of aromatic nitrogens is 1. The van der Waals surface area contributed by atoms with E-state index < -0.39 is 0 Å². The second kappa shape index (κ2) is 3.52. The molecular formula is C9H11ClN2O. The van der Waals surface area contributed by atoms with Crippen LogP contribution in [0.1, 0.15) is 6.42 Å². The number of aliphatic hydroxyl groups excluding tert-OH is 1. The van der Waals surface area contributed by atoms with Crippen LogP contribution in [-0.4, -0.2) is 29.3 Å². The number of nitrogens with zero attached hydrogens (tertiary/aromatic N) is 2. The van der Waals surface area contributed by atoms with Gasteiger partial charge in [0.25, 0.3) is 0 Å². The Hall–Kier alpha value is -0.800. The maximum absolute atomic E-state index is 9.35. The van der Waals surface area contributed by atoms with Gasteiger partial charge in [-0.2, -0.15) is 0 Å². The monoisotopic (exact) mass is 198 g/mol. The summed E-state index contributed by atoms with van der Waals surface area (Å²) in [6.45, 7) is 1.51. The van der Waals surface area contributed by atoms with Gasteiger partial charge in [0.2, 0.25) is 0 Å². The van der Waals surface area contributed by atoms with E-state index in [-0.39, 0.29) is 6.10 Å². The number of aliphatic hydroxyl groups is 1. The quantitative estimate of drug-likeness (QED) is 0.692. The largest absolute Gasteiger partial charge is 0.391 e. The Labute approximate surface area is 82.0 Å². The number of anilines is 1. The van der Waals surface area contributed by atoms with Crippen molar-refractivity contribution >= 4 is 17.3 Å². The molecule has 2 rings (SSSR count).